The second kappa shape index (κ2) is 4.70. The van der Waals surface area contributed by atoms with Gasteiger partial charge in [-0.3, -0.25) is 0 Å². The topological polar surface area (TPSA) is 35.2 Å². The van der Waals surface area contributed by atoms with Gasteiger partial charge in [0.15, 0.2) is 6.10 Å². The molecule has 1 saturated carbocycles. The van der Waals surface area contributed by atoms with Gasteiger partial charge in [-0.15, -0.1) is 0 Å². The van der Waals surface area contributed by atoms with Crippen LogP contribution in [0, 0.1) is 5.92 Å². The molecule has 1 aliphatic rings. The predicted octanol–water partition coefficient (Wildman–Crippen LogP) is 2.47. The highest BCUT2D eigenvalue weighted by Crippen LogP contribution is 2.30. The van der Waals surface area contributed by atoms with Crippen LogP contribution in [0.1, 0.15) is 33.1 Å². The third-order valence-electron chi connectivity index (χ3n) is 2.94. The van der Waals surface area contributed by atoms with E-state index in [1.807, 2.05) is 6.92 Å². The van der Waals surface area contributed by atoms with E-state index >= 15 is 0 Å². The molecule has 1 aliphatic carbocycles. The summed E-state index contributed by atoms with van der Waals surface area (Å²) in [5.74, 6) is 0.398. The first-order valence-electron chi connectivity index (χ1n) is 5.28. The van der Waals surface area contributed by atoms with Gasteiger partial charge >= 0.3 is 6.18 Å². The third-order valence-corrected chi connectivity index (χ3v) is 2.94. The molecular formula is C10H18F3NO. The minimum Gasteiger partial charge on any atom is -0.364 e. The Labute approximate surface area is 88.0 Å². The standard InChI is InChI=1S/C10H18F3NO/c1-6-3-4-8(14)9(5-6)15-7(2)10(11,12)13/h6-9H,3-5,14H2,1-2H3. The van der Waals surface area contributed by atoms with E-state index in [0.29, 0.717) is 12.3 Å². The van der Waals surface area contributed by atoms with E-state index in [4.69, 9.17) is 10.5 Å². The summed E-state index contributed by atoms with van der Waals surface area (Å²) < 4.78 is 41.8. The molecule has 4 atom stereocenters. The molecule has 1 fully saturated rings. The molecule has 0 spiro atoms. The van der Waals surface area contributed by atoms with Crippen molar-refractivity contribution in [3.05, 3.63) is 0 Å². The van der Waals surface area contributed by atoms with Gasteiger partial charge in [-0.2, -0.15) is 13.2 Å². The molecule has 15 heavy (non-hydrogen) atoms. The van der Waals surface area contributed by atoms with Gasteiger partial charge in [0.05, 0.1) is 6.10 Å². The molecular weight excluding hydrogens is 207 g/mol. The van der Waals surface area contributed by atoms with Crippen molar-refractivity contribution in [2.45, 2.75) is 57.5 Å². The van der Waals surface area contributed by atoms with E-state index in [1.165, 1.54) is 0 Å². The van der Waals surface area contributed by atoms with Crippen LogP contribution >= 0.6 is 0 Å². The fourth-order valence-electron chi connectivity index (χ4n) is 1.85. The van der Waals surface area contributed by atoms with Crippen LogP contribution in [0.3, 0.4) is 0 Å². The van der Waals surface area contributed by atoms with E-state index in [0.717, 1.165) is 19.8 Å². The maximum Gasteiger partial charge on any atom is 0.414 e. The highest BCUT2D eigenvalue weighted by molar-refractivity contribution is 4.83. The monoisotopic (exact) mass is 225 g/mol. The van der Waals surface area contributed by atoms with Crippen LogP contribution in [0.25, 0.3) is 0 Å². The lowest BCUT2D eigenvalue weighted by Gasteiger charge is -2.34. The molecule has 2 nitrogen and oxygen atoms in total. The summed E-state index contributed by atoms with van der Waals surface area (Å²) in [6.07, 6.45) is -4.12. The van der Waals surface area contributed by atoms with Crippen LogP contribution in [0.15, 0.2) is 0 Å². The van der Waals surface area contributed by atoms with Crippen molar-refractivity contribution in [2.75, 3.05) is 0 Å². The van der Waals surface area contributed by atoms with Gasteiger partial charge in [0.2, 0.25) is 0 Å². The largest absolute Gasteiger partial charge is 0.414 e. The number of alkyl halides is 3. The maximum atomic E-state index is 12.3. The van der Waals surface area contributed by atoms with Crippen LogP contribution in [-0.2, 0) is 4.74 Å². The van der Waals surface area contributed by atoms with Gasteiger partial charge in [0.1, 0.15) is 0 Å². The van der Waals surface area contributed by atoms with Crippen molar-refractivity contribution in [3.8, 4) is 0 Å². The number of nitrogens with two attached hydrogens (primary N) is 1. The van der Waals surface area contributed by atoms with Gasteiger partial charge in [0, 0.05) is 6.04 Å². The molecule has 5 heteroatoms. The summed E-state index contributed by atoms with van der Waals surface area (Å²) in [6.45, 7) is 3.05. The Hall–Kier alpha value is -0.290. The van der Waals surface area contributed by atoms with Crippen LogP contribution in [0.4, 0.5) is 13.2 Å². The van der Waals surface area contributed by atoms with Gasteiger partial charge in [-0.05, 0) is 32.1 Å². The quantitative estimate of drug-likeness (QED) is 0.783. The first-order valence-corrected chi connectivity index (χ1v) is 5.28. The average molecular weight is 225 g/mol. The lowest BCUT2D eigenvalue weighted by molar-refractivity contribution is -0.232. The van der Waals surface area contributed by atoms with Crippen molar-refractivity contribution in [2.24, 2.45) is 11.7 Å². The lowest BCUT2D eigenvalue weighted by Crippen LogP contribution is -2.45. The Kier molecular flexibility index (Phi) is 4.00. The van der Waals surface area contributed by atoms with E-state index in [1.54, 1.807) is 0 Å². The highest BCUT2D eigenvalue weighted by Gasteiger charge is 2.40. The molecule has 0 aromatic heterocycles. The Morgan fingerprint density at radius 2 is 1.93 bits per heavy atom. The summed E-state index contributed by atoms with van der Waals surface area (Å²) in [6, 6.07) is -0.258. The third kappa shape index (κ3) is 3.65. The molecule has 0 aromatic rings. The summed E-state index contributed by atoms with van der Waals surface area (Å²) in [5, 5.41) is 0. The number of hydrogen-bond donors (Lipinski definition) is 1. The van der Waals surface area contributed by atoms with Crippen molar-refractivity contribution in [3.63, 3.8) is 0 Å². The normalized spacial score (nSPS) is 35.2. The zero-order valence-corrected chi connectivity index (χ0v) is 9.05. The minimum atomic E-state index is -4.29. The molecule has 0 aliphatic heterocycles. The molecule has 1 rings (SSSR count). The zero-order chi connectivity index (χ0) is 11.6. The Bertz CT molecular complexity index is 207. The van der Waals surface area contributed by atoms with Gasteiger partial charge in [0.25, 0.3) is 0 Å². The lowest BCUT2D eigenvalue weighted by atomic mass is 9.85. The molecule has 0 amide bonds. The van der Waals surface area contributed by atoms with Crippen molar-refractivity contribution in [1.82, 2.24) is 0 Å². The van der Waals surface area contributed by atoms with Gasteiger partial charge < -0.3 is 10.5 Å². The smallest absolute Gasteiger partial charge is 0.364 e. The number of ether oxygens (including phenoxy) is 1. The second-order valence-electron chi connectivity index (χ2n) is 4.44. The molecule has 0 saturated heterocycles. The van der Waals surface area contributed by atoms with Crippen molar-refractivity contribution in [1.29, 1.82) is 0 Å². The Morgan fingerprint density at radius 1 is 1.33 bits per heavy atom. The summed E-state index contributed by atoms with van der Waals surface area (Å²) in [5.41, 5.74) is 5.74. The maximum absolute atomic E-state index is 12.3. The average Bonchev–Trinajstić information content (AvgIpc) is 2.09. The first kappa shape index (κ1) is 12.8. The molecule has 0 heterocycles. The molecule has 2 N–H and O–H groups in total. The second-order valence-corrected chi connectivity index (χ2v) is 4.44. The van der Waals surface area contributed by atoms with E-state index in [9.17, 15) is 13.2 Å². The molecule has 4 unspecified atom stereocenters. The number of rotatable bonds is 2. The van der Waals surface area contributed by atoms with Crippen molar-refractivity contribution >= 4 is 0 Å². The fourth-order valence-corrected chi connectivity index (χ4v) is 1.85. The van der Waals surface area contributed by atoms with E-state index < -0.39 is 18.4 Å². The summed E-state index contributed by atoms with van der Waals surface area (Å²) in [7, 11) is 0. The first-order chi connectivity index (χ1) is 6.80. The summed E-state index contributed by atoms with van der Waals surface area (Å²) in [4.78, 5) is 0. The Balaban J connectivity index is 2.49. The number of halogens is 3. The van der Waals surface area contributed by atoms with E-state index in [-0.39, 0.29) is 6.04 Å². The fraction of sp³-hybridized carbons (Fsp3) is 1.00. The van der Waals surface area contributed by atoms with Crippen LogP contribution in [0.2, 0.25) is 0 Å². The van der Waals surface area contributed by atoms with Gasteiger partial charge in [-0.25, -0.2) is 0 Å². The number of hydrogen-bond acceptors (Lipinski definition) is 2. The van der Waals surface area contributed by atoms with Crippen LogP contribution < -0.4 is 5.73 Å². The summed E-state index contributed by atoms with van der Waals surface area (Å²) >= 11 is 0. The van der Waals surface area contributed by atoms with Crippen LogP contribution in [0.5, 0.6) is 0 Å². The Morgan fingerprint density at radius 3 is 2.47 bits per heavy atom. The van der Waals surface area contributed by atoms with Crippen LogP contribution in [-0.4, -0.2) is 24.4 Å². The molecule has 0 radical (unpaired) electrons. The molecule has 90 valence electrons. The van der Waals surface area contributed by atoms with Gasteiger partial charge in [-0.1, -0.05) is 6.92 Å². The SMILES string of the molecule is CC1CCC(N)C(OC(C)C(F)(F)F)C1. The predicted molar refractivity (Wildman–Crippen MR) is 51.4 cm³/mol. The highest BCUT2D eigenvalue weighted by atomic mass is 19.4. The molecule has 0 bridgehead atoms. The van der Waals surface area contributed by atoms with Crippen molar-refractivity contribution < 1.29 is 17.9 Å². The zero-order valence-electron chi connectivity index (χ0n) is 9.05. The van der Waals surface area contributed by atoms with E-state index in [2.05, 4.69) is 0 Å². The molecule has 0 aromatic carbocycles. The minimum absolute atomic E-state index is 0.258.